The predicted molar refractivity (Wildman–Crippen MR) is 101 cm³/mol. The molecule has 6 nitrogen and oxygen atoms in total. The van der Waals surface area contributed by atoms with Crippen LogP contribution in [-0.4, -0.2) is 70.8 Å². The molecule has 0 saturated carbocycles. The average molecular weight is 427 g/mol. The number of alkyl halides is 1. The second kappa shape index (κ2) is 21.8. The lowest BCUT2D eigenvalue weighted by molar-refractivity contribution is -0.145. The Morgan fingerprint density at radius 3 is 1.68 bits per heavy atom. The van der Waals surface area contributed by atoms with Crippen LogP contribution in [0.1, 0.15) is 45.4 Å². The fourth-order valence-corrected chi connectivity index (χ4v) is 2.20. The van der Waals surface area contributed by atoms with E-state index in [1.54, 1.807) is 0 Å². The van der Waals surface area contributed by atoms with Gasteiger partial charge in [-0.2, -0.15) is 0 Å². The molecule has 0 atom stereocenters. The third-order valence-electron chi connectivity index (χ3n) is 3.31. The Hall–Kier alpha value is -0.210. The Bertz CT molecular complexity index is 278. The summed E-state index contributed by atoms with van der Waals surface area (Å²) in [5, 5.41) is 0.842. The van der Waals surface area contributed by atoms with Crippen molar-refractivity contribution >= 4 is 21.9 Å². The summed E-state index contributed by atoms with van der Waals surface area (Å²) in [6, 6.07) is 0. The number of ether oxygens (including phenoxy) is 5. The van der Waals surface area contributed by atoms with Crippen LogP contribution in [0.3, 0.4) is 0 Å². The first-order valence-corrected chi connectivity index (χ1v) is 10.5. The third-order valence-corrected chi connectivity index (χ3v) is 3.64. The minimum absolute atomic E-state index is 0.131. The van der Waals surface area contributed by atoms with E-state index in [-0.39, 0.29) is 5.97 Å². The van der Waals surface area contributed by atoms with Crippen LogP contribution in [0.5, 0.6) is 0 Å². The SMILES string of the molecule is CCCCCCCC(=O)OCCOCCOCCOCCOCCBr. The number of hydrogen-bond donors (Lipinski definition) is 0. The second-order valence-electron chi connectivity index (χ2n) is 5.52. The summed E-state index contributed by atoms with van der Waals surface area (Å²) in [4.78, 5) is 11.5. The fourth-order valence-electron chi connectivity index (χ4n) is 1.98. The number of hydrogen-bond acceptors (Lipinski definition) is 6. The van der Waals surface area contributed by atoms with Gasteiger partial charge in [0.15, 0.2) is 0 Å². The zero-order chi connectivity index (χ0) is 18.4. The summed E-state index contributed by atoms with van der Waals surface area (Å²) in [5.74, 6) is -0.131. The van der Waals surface area contributed by atoms with Gasteiger partial charge in [-0.1, -0.05) is 48.5 Å². The molecule has 0 saturated heterocycles. The number of rotatable bonds is 20. The molecule has 0 unspecified atom stereocenters. The summed E-state index contributed by atoms with van der Waals surface area (Å²) in [6.45, 7) is 6.86. The molecule has 25 heavy (non-hydrogen) atoms. The van der Waals surface area contributed by atoms with E-state index >= 15 is 0 Å². The Balaban J connectivity index is 3.09. The highest BCUT2D eigenvalue weighted by Crippen LogP contribution is 2.05. The van der Waals surface area contributed by atoms with Crippen LogP contribution in [-0.2, 0) is 28.5 Å². The van der Waals surface area contributed by atoms with Crippen molar-refractivity contribution < 1.29 is 28.5 Å². The maximum Gasteiger partial charge on any atom is 0.305 e. The van der Waals surface area contributed by atoms with E-state index < -0.39 is 0 Å². The van der Waals surface area contributed by atoms with E-state index in [4.69, 9.17) is 23.7 Å². The summed E-state index contributed by atoms with van der Waals surface area (Å²) >= 11 is 3.29. The largest absolute Gasteiger partial charge is 0.463 e. The normalized spacial score (nSPS) is 11.0. The molecular weight excluding hydrogens is 392 g/mol. The Labute approximate surface area is 161 Å². The van der Waals surface area contributed by atoms with Crippen molar-refractivity contribution in [2.45, 2.75) is 45.4 Å². The third kappa shape index (κ3) is 21.7. The number of carbonyl (C=O) groups excluding carboxylic acids is 1. The molecule has 0 radical (unpaired) electrons. The van der Waals surface area contributed by atoms with E-state index in [2.05, 4.69) is 22.9 Å². The molecule has 0 amide bonds. The van der Waals surface area contributed by atoms with Gasteiger partial charge in [-0.05, 0) is 6.42 Å². The topological polar surface area (TPSA) is 63.2 Å². The van der Waals surface area contributed by atoms with E-state index in [9.17, 15) is 4.79 Å². The minimum atomic E-state index is -0.131. The van der Waals surface area contributed by atoms with Crippen molar-refractivity contribution in [2.24, 2.45) is 0 Å². The van der Waals surface area contributed by atoms with Crippen LogP contribution >= 0.6 is 15.9 Å². The smallest absolute Gasteiger partial charge is 0.305 e. The monoisotopic (exact) mass is 426 g/mol. The van der Waals surface area contributed by atoms with Gasteiger partial charge in [0.2, 0.25) is 0 Å². The molecule has 0 aromatic carbocycles. The van der Waals surface area contributed by atoms with Crippen LogP contribution in [0.15, 0.2) is 0 Å². The van der Waals surface area contributed by atoms with Gasteiger partial charge >= 0.3 is 5.97 Å². The van der Waals surface area contributed by atoms with Crippen molar-refractivity contribution in [3.8, 4) is 0 Å². The molecule has 0 aliphatic heterocycles. The zero-order valence-corrected chi connectivity index (χ0v) is 17.2. The van der Waals surface area contributed by atoms with Gasteiger partial charge in [0.1, 0.15) is 6.61 Å². The summed E-state index contributed by atoms with van der Waals surface area (Å²) in [6.07, 6.45) is 6.17. The Morgan fingerprint density at radius 2 is 1.16 bits per heavy atom. The first kappa shape index (κ1) is 24.8. The van der Waals surface area contributed by atoms with E-state index in [0.29, 0.717) is 65.9 Å². The summed E-state index contributed by atoms with van der Waals surface area (Å²) in [5.41, 5.74) is 0. The van der Waals surface area contributed by atoms with Crippen molar-refractivity contribution in [3.63, 3.8) is 0 Å². The van der Waals surface area contributed by atoms with Gasteiger partial charge in [-0.3, -0.25) is 4.79 Å². The van der Waals surface area contributed by atoms with E-state index in [1.165, 1.54) is 19.3 Å². The molecule has 7 heteroatoms. The molecule has 0 aromatic heterocycles. The molecule has 0 aliphatic rings. The van der Waals surface area contributed by atoms with Gasteiger partial charge in [0.05, 0.1) is 52.9 Å². The first-order chi connectivity index (χ1) is 12.3. The summed E-state index contributed by atoms with van der Waals surface area (Å²) < 4.78 is 26.4. The first-order valence-electron chi connectivity index (χ1n) is 9.33. The summed E-state index contributed by atoms with van der Waals surface area (Å²) in [7, 11) is 0. The molecule has 0 spiro atoms. The maximum atomic E-state index is 11.5. The molecule has 0 aromatic rings. The molecule has 0 aliphatic carbocycles. The second-order valence-corrected chi connectivity index (χ2v) is 6.32. The average Bonchev–Trinajstić information content (AvgIpc) is 2.62. The number of carbonyl (C=O) groups is 1. The van der Waals surface area contributed by atoms with Crippen molar-refractivity contribution in [1.82, 2.24) is 0 Å². The Morgan fingerprint density at radius 1 is 0.680 bits per heavy atom. The van der Waals surface area contributed by atoms with Crippen molar-refractivity contribution in [1.29, 1.82) is 0 Å². The van der Waals surface area contributed by atoms with Crippen LogP contribution in [0.2, 0.25) is 0 Å². The highest BCUT2D eigenvalue weighted by molar-refractivity contribution is 9.09. The molecule has 0 rings (SSSR count). The minimum Gasteiger partial charge on any atom is -0.463 e. The molecule has 0 bridgehead atoms. The fraction of sp³-hybridized carbons (Fsp3) is 0.944. The van der Waals surface area contributed by atoms with E-state index in [0.717, 1.165) is 18.2 Å². The lowest BCUT2D eigenvalue weighted by Crippen LogP contribution is -2.14. The van der Waals surface area contributed by atoms with Gasteiger partial charge in [-0.25, -0.2) is 0 Å². The number of unbranched alkanes of at least 4 members (excludes halogenated alkanes) is 4. The van der Waals surface area contributed by atoms with Crippen molar-refractivity contribution in [2.75, 3.05) is 64.8 Å². The highest BCUT2D eigenvalue weighted by atomic mass is 79.9. The lowest BCUT2D eigenvalue weighted by Gasteiger charge is -2.08. The standard InChI is InChI=1S/C18H35BrO6/c1-2-3-4-5-6-7-18(20)25-17-16-24-15-14-23-13-12-22-11-10-21-9-8-19/h2-17H2,1H3. The van der Waals surface area contributed by atoms with Gasteiger partial charge in [-0.15, -0.1) is 0 Å². The zero-order valence-electron chi connectivity index (χ0n) is 15.6. The molecule has 0 heterocycles. The Kier molecular flexibility index (Phi) is 21.6. The number of halogens is 1. The van der Waals surface area contributed by atoms with Gasteiger partial charge < -0.3 is 23.7 Å². The van der Waals surface area contributed by atoms with Gasteiger partial charge in [0, 0.05) is 11.8 Å². The van der Waals surface area contributed by atoms with Crippen molar-refractivity contribution in [3.05, 3.63) is 0 Å². The predicted octanol–water partition coefficient (Wildman–Crippen LogP) is 3.35. The maximum absolute atomic E-state index is 11.5. The molecule has 150 valence electrons. The van der Waals surface area contributed by atoms with Crippen LogP contribution in [0.25, 0.3) is 0 Å². The van der Waals surface area contributed by atoms with Gasteiger partial charge in [0.25, 0.3) is 0 Å². The van der Waals surface area contributed by atoms with E-state index in [1.807, 2.05) is 0 Å². The van der Waals surface area contributed by atoms with Crippen LogP contribution < -0.4 is 0 Å². The quantitative estimate of drug-likeness (QED) is 0.169. The highest BCUT2D eigenvalue weighted by Gasteiger charge is 2.02. The lowest BCUT2D eigenvalue weighted by atomic mass is 10.1. The molecular formula is C18H35BrO6. The molecule has 0 fully saturated rings. The van der Waals surface area contributed by atoms with Crippen LogP contribution in [0, 0.1) is 0 Å². The molecule has 0 N–H and O–H groups in total. The van der Waals surface area contributed by atoms with Crippen LogP contribution in [0.4, 0.5) is 0 Å². The number of esters is 1.